The maximum absolute atomic E-state index is 12.7. The van der Waals surface area contributed by atoms with Crippen LogP contribution < -0.4 is 10.4 Å². The number of methoxy groups -OCH3 is 1. The van der Waals surface area contributed by atoms with E-state index >= 15 is 0 Å². The first-order valence-electron chi connectivity index (χ1n) is 9.42. The number of rotatable bonds is 4. The summed E-state index contributed by atoms with van der Waals surface area (Å²) in [6.45, 7) is 1.68. The smallest absolute Gasteiger partial charge is 0.349 e. The highest BCUT2D eigenvalue weighted by Gasteiger charge is 2.20. The highest BCUT2D eigenvalue weighted by Crippen LogP contribution is 2.27. The Morgan fingerprint density at radius 2 is 1.75 bits per heavy atom. The van der Waals surface area contributed by atoms with Crippen LogP contribution in [0.3, 0.4) is 0 Å². The summed E-state index contributed by atoms with van der Waals surface area (Å²) in [5, 5.41) is 19.5. The van der Waals surface area contributed by atoms with Crippen molar-refractivity contribution in [1.29, 1.82) is 0 Å². The normalized spacial score (nSPS) is 11.2. The molecule has 11 nitrogen and oxygen atoms in total. The first kappa shape index (κ1) is 19.3. The van der Waals surface area contributed by atoms with Gasteiger partial charge in [-0.25, -0.2) is 14.8 Å². The van der Waals surface area contributed by atoms with Gasteiger partial charge in [0.1, 0.15) is 16.7 Å². The van der Waals surface area contributed by atoms with E-state index in [1.807, 2.05) is 12.1 Å². The summed E-state index contributed by atoms with van der Waals surface area (Å²) < 4.78 is 12.1. The fourth-order valence-corrected chi connectivity index (χ4v) is 3.40. The van der Waals surface area contributed by atoms with Gasteiger partial charge in [-0.05, 0) is 43.3 Å². The van der Waals surface area contributed by atoms with Crippen molar-refractivity contribution in [2.75, 3.05) is 7.11 Å². The van der Waals surface area contributed by atoms with E-state index in [1.54, 1.807) is 30.8 Å². The van der Waals surface area contributed by atoms with Crippen LogP contribution in [0.2, 0.25) is 0 Å². The summed E-state index contributed by atoms with van der Waals surface area (Å²) in [6, 6.07) is 12.8. The van der Waals surface area contributed by atoms with Crippen LogP contribution in [-0.4, -0.2) is 37.0 Å². The Morgan fingerprint density at radius 3 is 2.41 bits per heavy atom. The van der Waals surface area contributed by atoms with Crippen molar-refractivity contribution in [2.24, 2.45) is 0 Å². The maximum atomic E-state index is 12.7. The summed E-state index contributed by atoms with van der Waals surface area (Å²) in [7, 11) is 1.58. The number of pyridine rings is 1. The molecule has 3 heterocycles. The molecule has 0 saturated heterocycles. The van der Waals surface area contributed by atoms with Gasteiger partial charge in [-0.2, -0.15) is 4.68 Å². The standard InChI is InChI=1S/C21H14N6O5/c1-11-16-17(23-20(32-21(16)28)12-3-5-14(6-4-12)27(29)30)18-19(22-11)26(25-24-18)13-7-9-15(31-2)10-8-13/h3-10H,1-2H3. The second kappa shape index (κ2) is 7.23. The average molecular weight is 430 g/mol. The molecule has 0 saturated carbocycles. The van der Waals surface area contributed by atoms with Crippen LogP contribution in [0.4, 0.5) is 5.69 Å². The zero-order valence-corrected chi connectivity index (χ0v) is 16.8. The lowest BCUT2D eigenvalue weighted by Gasteiger charge is -2.06. The van der Waals surface area contributed by atoms with Gasteiger partial charge in [0.2, 0.25) is 5.89 Å². The number of nitrogens with zero attached hydrogens (tertiary/aromatic N) is 6. The Labute approximate surface area is 179 Å². The molecule has 0 atom stereocenters. The lowest BCUT2D eigenvalue weighted by Crippen LogP contribution is -2.07. The van der Waals surface area contributed by atoms with Crippen molar-refractivity contribution >= 4 is 27.8 Å². The molecule has 0 amide bonds. The summed E-state index contributed by atoms with van der Waals surface area (Å²) in [5.41, 5.74) is 1.87. The summed E-state index contributed by atoms with van der Waals surface area (Å²) in [4.78, 5) is 32.1. The fourth-order valence-electron chi connectivity index (χ4n) is 3.40. The van der Waals surface area contributed by atoms with E-state index in [0.29, 0.717) is 33.9 Å². The second-order valence-corrected chi connectivity index (χ2v) is 6.90. The number of aryl methyl sites for hydroxylation is 1. The van der Waals surface area contributed by atoms with Gasteiger partial charge in [-0.1, -0.05) is 5.21 Å². The molecule has 3 aromatic heterocycles. The molecule has 11 heteroatoms. The third-order valence-electron chi connectivity index (χ3n) is 4.99. The molecule has 32 heavy (non-hydrogen) atoms. The fraction of sp³-hybridized carbons (Fsp3) is 0.0952. The van der Waals surface area contributed by atoms with E-state index < -0.39 is 10.5 Å². The zero-order valence-electron chi connectivity index (χ0n) is 16.8. The molecule has 0 unspecified atom stereocenters. The third-order valence-corrected chi connectivity index (χ3v) is 4.99. The highest BCUT2D eigenvalue weighted by molar-refractivity contribution is 6.00. The molecule has 158 valence electrons. The number of hydrogen-bond acceptors (Lipinski definition) is 9. The second-order valence-electron chi connectivity index (χ2n) is 6.90. The molecule has 0 bridgehead atoms. The Balaban J connectivity index is 1.72. The van der Waals surface area contributed by atoms with Crippen molar-refractivity contribution < 1.29 is 14.1 Å². The largest absolute Gasteiger partial charge is 0.497 e. The minimum Gasteiger partial charge on any atom is -0.497 e. The van der Waals surface area contributed by atoms with Crippen LogP contribution in [0.25, 0.3) is 39.2 Å². The molecule has 5 aromatic rings. The molecule has 0 aliphatic heterocycles. The summed E-state index contributed by atoms with van der Waals surface area (Å²) >= 11 is 0. The minimum absolute atomic E-state index is 0.0169. The number of nitro groups is 1. The van der Waals surface area contributed by atoms with Gasteiger partial charge < -0.3 is 9.15 Å². The predicted octanol–water partition coefficient (Wildman–Crippen LogP) is 3.21. The lowest BCUT2D eigenvalue weighted by molar-refractivity contribution is -0.384. The molecule has 0 radical (unpaired) electrons. The number of benzene rings is 2. The SMILES string of the molecule is COc1ccc(-n2nnc3c4nc(-c5ccc([N+](=O)[O-])cc5)oc(=O)c4c(C)nc32)cc1. The van der Waals surface area contributed by atoms with Crippen molar-refractivity contribution in [3.05, 3.63) is 74.8 Å². The zero-order chi connectivity index (χ0) is 22.4. The van der Waals surface area contributed by atoms with Gasteiger partial charge in [0.05, 0.1) is 23.4 Å². The van der Waals surface area contributed by atoms with Gasteiger partial charge in [-0.3, -0.25) is 10.1 Å². The van der Waals surface area contributed by atoms with Crippen LogP contribution >= 0.6 is 0 Å². The van der Waals surface area contributed by atoms with Gasteiger partial charge in [-0.15, -0.1) is 5.10 Å². The topological polar surface area (TPSA) is 139 Å². The number of hydrogen-bond donors (Lipinski definition) is 0. The quantitative estimate of drug-likeness (QED) is 0.310. The van der Waals surface area contributed by atoms with E-state index in [9.17, 15) is 14.9 Å². The van der Waals surface area contributed by atoms with Gasteiger partial charge in [0.15, 0.2) is 11.2 Å². The van der Waals surface area contributed by atoms with Crippen LogP contribution in [0, 0.1) is 17.0 Å². The van der Waals surface area contributed by atoms with Crippen LogP contribution in [0.15, 0.2) is 57.7 Å². The van der Waals surface area contributed by atoms with Crippen molar-refractivity contribution in [2.45, 2.75) is 6.92 Å². The maximum Gasteiger partial charge on any atom is 0.349 e. The van der Waals surface area contributed by atoms with Crippen molar-refractivity contribution in [3.63, 3.8) is 0 Å². The molecule has 0 aliphatic rings. The molecule has 0 aliphatic carbocycles. The summed E-state index contributed by atoms with van der Waals surface area (Å²) in [6.07, 6.45) is 0. The van der Waals surface area contributed by atoms with E-state index in [1.165, 1.54) is 24.3 Å². The number of fused-ring (bicyclic) bond motifs is 3. The number of aromatic nitrogens is 5. The van der Waals surface area contributed by atoms with E-state index in [4.69, 9.17) is 9.15 Å². The van der Waals surface area contributed by atoms with E-state index in [0.717, 1.165) is 0 Å². The molecule has 0 spiro atoms. The Bertz CT molecular complexity index is 1560. The third kappa shape index (κ3) is 3.03. The van der Waals surface area contributed by atoms with E-state index in [2.05, 4.69) is 20.3 Å². The van der Waals surface area contributed by atoms with Gasteiger partial charge in [0.25, 0.3) is 5.69 Å². The van der Waals surface area contributed by atoms with Crippen molar-refractivity contribution in [3.8, 4) is 22.9 Å². The highest BCUT2D eigenvalue weighted by atomic mass is 16.6. The molecule has 2 aromatic carbocycles. The van der Waals surface area contributed by atoms with Crippen LogP contribution in [0.1, 0.15) is 5.69 Å². The molecular weight excluding hydrogens is 416 g/mol. The van der Waals surface area contributed by atoms with Crippen LogP contribution in [0.5, 0.6) is 5.75 Å². The predicted molar refractivity (Wildman–Crippen MR) is 114 cm³/mol. The number of ether oxygens (including phenoxy) is 1. The minimum atomic E-state index is -0.630. The van der Waals surface area contributed by atoms with Gasteiger partial charge in [0, 0.05) is 17.7 Å². The number of non-ortho nitro benzene ring substituents is 1. The first-order valence-corrected chi connectivity index (χ1v) is 9.42. The van der Waals surface area contributed by atoms with Crippen molar-refractivity contribution in [1.82, 2.24) is 25.0 Å². The molecule has 0 N–H and O–H groups in total. The van der Waals surface area contributed by atoms with Crippen LogP contribution in [-0.2, 0) is 0 Å². The molecule has 0 fully saturated rings. The Hall–Kier alpha value is -4.67. The van der Waals surface area contributed by atoms with E-state index in [-0.39, 0.29) is 22.5 Å². The van der Waals surface area contributed by atoms with Gasteiger partial charge >= 0.3 is 5.63 Å². The first-order chi connectivity index (χ1) is 15.5. The monoisotopic (exact) mass is 430 g/mol. The Morgan fingerprint density at radius 1 is 1.03 bits per heavy atom. The Kier molecular flexibility index (Phi) is 4.36. The molecule has 5 rings (SSSR count). The molecular formula is C21H14N6O5. The average Bonchev–Trinajstić information content (AvgIpc) is 3.22. The summed E-state index contributed by atoms with van der Waals surface area (Å²) in [5.74, 6) is 0.711. The lowest BCUT2D eigenvalue weighted by atomic mass is 10.2. The number of nitro benzene ring substituents is 1.